The Balaban J connectivity index is 0.000000514. The van der Waals surface area contributed by atoms with E-state index in [4.69, 9.17) is 5.73 Å². The molecule has 4 nitrogen and oxygen atoms in total. The zero-order valence-corrected chi connectivity index (χ0v) is 10.3. The lowest BCUT2D eigenvalue weighted by atomic mass is 10.2. The molecular formula is C13H16N4. The molecular weight excluding hydrogens is 212 g/mol. The molecule has 0 unspecified atom stereocenters. The fourth-order valence-corrected chi connectivity index (χ4v) is 1.83. The zero-order chi connectivity index (χ0) is 12.4. The molecule has 0 bridgehead atoms. The Kier molecular flexibility index (Phi) is 2.95. The number of hydrogen-bond acceptors (Lipinski definition) is 3. The van der Waals surface area contributed by atoms with Gasteiger partial charge in [0.05, 0.1) is 5.52 Å². The second kappa shape index (κ2) is 4.41. The summed E-state index contributed by atoms with van der Waals surface area (Å²) in [7, 11) is 0. The number of rotatable bonds is 0. The molecule has 3 aromatic rings. The van der Waals surface area contributed by atoms with E-state index in [0.717, 1.165) is 27.8 Å². The van der Waals surface area contributed by atoms with Crippen molar-refractivity contribution >= 4 is 27.8 Å². The van der Waals surface area contributed by atoms with Crippen molar-refractivity contribution in [2.45, 2.75) is 20.8 Å². The van der Waals surface area contributed by atoms with Crippen molar-refractivity contribution in [1.29, 1.82) is 0 Å². The summed E-state index contributed by atoms with van der Waals surface area (Å²) in [5.74, 6) is 1.36. The van der Waals surface area contributed by atoms with Crippen LogP contribution in [0.2, 0.25) is 0 Å². The number of hydrogen-bond donors (Lipinski definition) is 2. The van der Waals surface area contributed by atoms with Crippen molar-refractivity contribution in [2.75, 3.05) is 5.73 Å². The van der Waals surface area contributed by atoms with Crippen molar-refractivity contribution < 1.29 is 0 Å². The number of para-hydroxylation sites is 1. The molecule has 0 fully saturated rings. The van der Waals surface area contributed by atoms with E-state index in [9.17, 15) is 0 Å². The minimum Gasteiger partial charge on any atom is -0.382 e. The molecule has 0 amide bonds. The molecule has 0 radical (unpaired) electrons. The van der Waals surface area contributed by atoms with E-state index >= 15 is 0 Å². The minimum atomic E-state index is 0.504. The van der Waals surface area contributed by atoms with Gasteiger partial charge in [0.1, 0.15) is 22.7 Å². The Bertz CT molecular complexity index is 655. The lowest BCUT2D eigenvalue weighted by molar-refractivity contribution is 1.17. The third-order valence-corrected chi connectivity index (χ3v) is 2.48. The van der Waals surface area contributed by atoms with Gasteiger partial charge in [0.15, 0.2) is 0 Å². The third kappa shape index (κ3) is 1.82. The van der Waals surface area contributed by atoms with Gasteiger partial charge in [0.25, 0.3) is 0 Å². The number of nitrogens with zero attached hydrogens (tertiary/aromatic N) is 2. The highest BCUT2D eigenvalue weighted by Gasteiger charge is 2.08. The summed E-state index contributed by atoms with van der Waals surface area (Å²) in [6.45, 7) is 5.91. The smallest absolute Gasteiger partial charge is 0.150 e. The fourth-order valence-electron chi connectivity index (χ4n) is 1.83. The average Bonchev–Trinajstić information content (AvgIpc) is 2.75. The Labute approximate surface area is 99.9 Å². The van der Waals surface area contributed by atoms with E-state index in [1.54, 1.807) is 0 Å². The van der Waals surface area contributed by atoms with Gasteiger partial charge in [-0.05, 0) is 13.0 Å². The fraction of sp³-hybridized carbons (Fsp3) is 0.231. The maximum atomic E-state index is 5.85. The zero-order valence-electron chi connectivity index (χ0n) is 10.3. The molecule has 0 saturated carbocycles. The van der Waals surface area contributed by atoms with Gasteiger partial charge in [0, 0.05) is 5.39 Å². The lowest BCUT2D eigenvalue weighted by Crippen LogP contribution is -1.92. The van der Waals surface area contributed by atoms with Crippen LogP contribution in [0, 0.1) is 6.92 Å². The van der Waals surface area contributed by atoms with Gasteiger partial charge in [-0.25, -0.2) is 9.97 Å². The van der Waals surface area contributed by atoms with Crippen molar-refractivity contribution in [1.82, 2.24) is 15.0 Å². The van der Waals surface area contributed by atoms with E-state index in [1.165, 1.54) is 0 Å². The molecule has 2 aromatic heterocycles. The maximum Gasteiger partial charge on any atom is 0.150 e. The molecule has 0 saturated heterocycles. The highest BCUT2D eigenvalue weighted by atomic mass is 15.0. The molecule has 3 rings (SSSR count). The number of imidazole rings is 1. The van der Waals surface area contributed by atoms with Gasteiger partial charge < -0.3 is 10.7 Å². The van der Waals surface area contributed by atoms with E-state index < -0.39 is 0 Å². The Morgan fingerprint density at radius 2 is 1.82 bits per heavy atom. The number of benzene rings is 1. The van der Waals surface area contributed by atoms with Crippen LogP contribution >= 0.6 is 0 Å². The van der Waals surface area contributed by atoms with Gasteiger partial charge >= 0.3 is 0 Å². The number of anilines is 1. The number of nitrogens with one attached hydrogen (secondary N) is 1. The van der Waals surface area contributed by atoms with Crippen LogP contribution in [0.15, 0.2) is 24.3 Å². The van der Waals surface area contributed by atoms with Gasteiger partial charge in [-0.1, -0.05) is 32.0 Å². The molecule has 3 N–H and O–H groups in total. The largest absolute Gasteiger partial charge is 0.382 e. The average molecular weight is 228 g/mol. The Morgan fingerprint density at radius 1 is 1.12 bits per heavy atom. The van der Waals surface area contributed by atoms with Gasteiger partial charge in [-0.2, -0.15) is 0 Å². The second-order valence-electron chi connectivity index (χ2n) is 3.56. The first-order chi connectivity index (χ1) is 8.25. The molecule has 4 heteroatoms. The molecule has 88 valence electrons. The highest BCUT2D eigenvalue weighted by molar-refractivity contribution is 6.05. The number of aromatic amines is 1. The summed E-state index contributed by atoms with van der Waals surface area (Å²) >= 11 is 0. The highest BCUT2D eigenvalue weighted by Crippen LogP contribution is 2.25. The van der Waals surface area contributed by atoms with Crippen LogP contribution < -0.4 is 5.73 Å². The summed E-state index contributed by atoms with van der Waals surface area (Å²) in [4.78, 5) is 11.9. The number of aryl methyl sites for hydroxylation is 1. The summed E-state index contributed by atoms with van der Waals surface area (Å²) in [6, 6.07) is 7.86. The number of pyridine rings is 1. The molecule has 0 atom stereocenters. The van der Waals surface area contributed by atoms with Crippen LogP contribution in [-0.2, 0) is 0 Å². The number of nitrogen functional groups attached to an aromatic ring is 1. The topological polar surface area (TPSA) is 67.6 Å². The van der Waals surface area contributed by atoms with Crippen LogP contribution in [0.1, 0.15) is 19.7 Å². The van der Waals surface area contributed by atoms with Crippen molar-refractivity contribution in [3.8, 4) is 0 Å². The molecule has 17 heavy (non-hydrogen) atoms. The normalized spacial score (nSPS) is 10.3. The van der Waals surface area contributed by atoms with Gasteiger partial charge in [-0.15, -0.1) is 0 Å². The first kappa shape index (κ1) is 11.4. The first-order valence-electron chi connectivity index (χ1n) is 5.76. The number of nitrogens with two attached hydrogens (primary N) is 1. The molecule has 0 aliphatic heterocycles. The van der Waals surface area contributed by atoms with Crippen LogP contribution in [0.4, 0.5) is 5.82 Å². The summed E-state index contributed by atoms with van der Waals surface area (Å²) in [6.07, 6.45) is 0. The summed E-state index contributed by atoms with van der Waals surface area (Å²) < 4.78 is 0. The predicted molar refractivity (Wildman–Crippen MR) is 71.9 cm³/mol. The van der Waals surface area contributed by atoms with Crippen LogP contribution in [0.25, 0.3) is 21.9 Å². The number of fused-ring (bicyclic) bond motifs is 3. The van der Waals surface area contributed by atoms with E-state index in [0.29, 0.717) is 5.82 Å². The number of H-pyrrole nitrogens is 1. The SMILES string of the molecule is CC.Cc1nc2c([nH]1)c(N)nc1ccccc12. The monoisotopic (exact) mass is 228 g/mol. The lowest BCUT2D eigenvalue weighted by Gasteiger charge is -1.99. The molecule has 0 spiro atoms. The second-order valence-corrected chi connectivity index (χ2v) is 3.56. The van der Waals surface area contributed by atoms with Gasteiger partial charge in [-0.3, -0.25) is 0 Å². The van der Waals surface area contributed by atoms with Crippen LogP contribution in [-0.4, -0.2) is 15.0 Å². The van der Waals surface area contributed by atoms with E-state index in [1.807, 2.05) is 45.0 Å². The van der Waals surface area contributed by atoms with Crippen LogP contribution in [0.3, 0.4) is 0 Å². The summed E-state index contributed by atoms with van der Waals surface area (Å²) in [5, 5.41) is 1.03. The van der Waals surface area contributed by atoms with E-state index in [2.05, 4.69) is 15.0 Å². The van der Waals surface area contributed by atoms with E-state index in [-0.39, 0.29) is 0 Å². The van der Waals surface area contributed by atoms with Crippen molar-refractivity contribution in [3.05, 3.63) is 30.1 Å². The van der Waals surface area contributed by atoms with Crippen LogP contribution in [0.5, 0.6) is 0 Å². The molecule has 2 heterocycles. The minimum absolute atomic E-state index is 0.504. The standard InChI is InChI=1S/C11H10N4.C2H6/c1-6-13-9-7-4-2-3-5-8(7)15-11(12)10(9)14-6;1-2/h2-5H,1H3,(H2,12,15)(H,13,14);1-2H3. The summed E-state index contributed by atoms with van der Waals surface area (Å²) in [5.41, 5.74) is 8.46. The van der Waals surface area contributed by atoms with Crippen molar-refractivity contribution in [2.24, 2.45) is 0 Å². The molecule has 0 aliphatic rings. The maximum absolute atomic E-state index is 5.85. The first-order valence-corrected chi connectivity index (χ1v) is 5.76. The third-order valence-electron chi connectivity index (χ3n) is 2.48. The quantitative estimate of drug-likeness (QED) is 0.621. The predicted octanol–water partition coefficient (Wildman–Crippen LogP) is 3.03. The Morgan fingerprint density at radius 3 is 2.59 bits per heavy atom. The number of aromatic nitrogens is 3. The molecule has 1 aromatic carbocycles. The van der Waals surface area contributed by atoms with Gasteiger partial charge in [0.2, 0.25) is 0 Å². The van der Waals surface area contributed by atoms with Crippen molar-refractivity contribution in [3.63, 3.8) is 0 Å². The molecule has 0 aliphatic carbocycles. The Hall–Kier alpha value is -2.10.